The van der Waals surface area contributed by atoms with Crippen molar-refractivity contribution >= 4 is 5.97 Å². The van der Waals surface area contributed by atoms with Crippen molar-refractivity contribution in [3.05, 3.63) is 0 Å². The lowest BCUT2D eigenvalue weighted by atomic mass is 9.89. The number of carboxylic acids is 1. The van der Waals surface area contributed by atoms with Crippen molar-refractivity contribution in [3.8, 4) is 0 Å². The van der Waals surface area contributed by atoms with Crippen LogP contribution in [0.3, 0.4) is 0 Å². The van der Waals surface area contributed by atoms with E-state index in [4.69, 9.17) is 0 Å². The van der Waals surface area contributed by atoms with Gasteiger partial charge in [-0.1, -0.05) is 72.1 Å². The summed E-state index contributed by atoms with van der Waals surface area (Å²) in [6.07, 6.45) is 11.5. The minimum Gasteiger partial charge on any atom is -0.481 e. The average Bonchev–Trinajstić information content (AvgIpc) is 2.32. The van der Waals surface area contributed by atoms with E-state index in [2.05, 4.69) is 20.8 Å². The van der Waals surface area contributed by atoms with Crippen LogP contribution in [0.5, 0.6) is 0 Å². The van der Waals surface area contributed by atoms with E-state index in [1.54, 1.807) is 0 Å². The molecule has 2 nitrogen and oxygen atoms in total. The summed E-state index contributed by atoms with van der Waals surface area (Å²) < 4.78 is 0. The molecule has 0 fully saturated rings. The Morgan fingerprint density at radius 3 is 2.11 bits per heavy atom. The largest absolute Gasteiger partial charge is 0.481 e. The van der Waals surface area contributed by atoms with Crippen molar-refractivity contribution in [3.63, 3.8) is 0 Å². The molecular weight excluding hydrogens is 224 g/mol. The molecule has 0 amide bonds. The molecule has 0 aromatic carbocycles. The number of hydrogen-bond acceptors (Lipinski definition) is 1. The summed E-state index contributed by atoms with van der Waals surface area (Å²) in [5.74, 6) is -0.152. The third-order valence-electron chi connectivity index (χ3n) is 3.72. The number of unbranched alkanes of at least 4 members (excludes halogenated alkanes) is 5. The summed E-state index contributed by atoms with van der Waals surface area (Å²) in [6.45, 7) is 6.57. The van der Waals surface area contributed by atoms with Gasteiger partial charge in [0.05, 0.1) is 5.92 Å². The van der Waals surface area contributed by atoms with Crippen LogP contribution in [0, 0.1) is 11.8 Å². The second-order valence-electron chi connectivity index (χ2n) is 5.72. The summed E-state index contributed by atoms with van der Waals surface area (Å²) in [5, 5.41) is 9.23. The Balaban J connectivity index is 3.73. The van der Waals surface area contributed by atoms with Crippen molar-refractivity contribution in [1.29, 1.82) is 0 Å². The fourth-order valence-corrected chi connectivity index (χ4v) is 2.61. The molecule has 0 aromatic heterocycles. The van der Waals surface area contributed by atoms with Crippen molar-refractivity contribution in [1.82, 2.24) is 0 Å². The van der Waals surface area contributed by atoms with E-state index < -0.39 is 5.97 Å². The topological polar surface area (TPSA) is 37.3 Å². The second-order valence-corrected chi connectivity index (χ2v) is 5.72. The zero-order valence-corrected chi connectivity index (χ0v) is 12.6. The molecule has 0 radical (unpaired) electrons. The maximum Gasteiger partial charge on any atom is 0.306 e. The Kier molecular flexibility index (Phi) is 11.2. The second kappa shape index (κ2) is 11.6. The Labute approximate surface area is 113 Å². The molecule has 2 unspecified atom stereocenters. The number of carbonyl (C=O) groups is 1. The number of hydrogen-bond donors (Lipinski definition) is 1. The highest BCUT2D eigenvalue weighted by Gasteiger charge is 2.19. The zero-order valence-electron chi connectivity index (χ0n) is 12.6. The molecule has 1 N–H and O–H groups in total. The lowest BCUT2D eigenvalue weighted by Gasteiger charge is -2.17. The minimum atomic E-state index is -0.591. The van der Waals surface area contributed by atoms with Gasteiger partial charge in [0.15, 0.2) is 0 Å². The number of rotatable bonds is 12. The lowest BCUT2D eigenvalue weighted by Crippen LogP contribution is -2.17. The first kappa shape index (κ1) is 17.5. The summed E-state index contributed by atoms with van der Waals surface area (Å²) in [4.78, 5) is 11.2. The smallest absolute Gasteiger partial charge is 0.306 e. The maximum absolute atomic E-state index is 11.2. The third-order valence-corrected chi connectivity index (χ3v) is 3.72. The first-order valence-corrected chi connectivity index (χ1v) is 7.84. The fraction of sp³-hybridized carbons (Fsp3) is 0.938. The quantitative estimate of drug-likeness (QED) is 0.483. The van der Waals surface area contributed by atoms with Gasteiger partial charge in [-0.25, -0.2) is 0 Å². The van der Waals surface area contributed by atoms with Gasteiger partial charge >= 0.3 is 5.97 Å². The Morgan fingerprint density at radius 1 is 0.944 bits per heavy atom. The molecule has 0 aliphatic carbocycles. The van der Waals surface area contributed by atoms with Gasteiger partial charge in [0.1, 0.15) is 0 Å². The molecule has 18 heavy (non-hydrogen) atoms. The van der Waals surface area contributed by atoms with Crippen LogP contribution in [0.2, 0.25) is 0 Å². The van der Waals surface area contributed by atoms with Gasteiger partial charge in [0.25, 0.3) is 0 Å². The highest BCUT2D eigenvalue weighted by molar-refractivity contribution is 5.69. The van der Waals surface area contributed by atoms with Gasteiger partial charge in [-0.05, 0) is 18.8 Å². The summed E-state index contributed by atoms with van der Waals surface area (Å²) in [6, 6.07) is 0. The van der Waals surface area contributed by atoms with Gasteiger partial charge in [-0.15, -0.1) is 0 Å². The molecule has 2 heteroatoms. The van der Waals surface area contributed by atoms with Crippen LogP contribution in [-0.4, -0.2) is 11.1 Å². The highest BCUT2D eigenvalue weighted by atomic mass is 16.4. The zero-order chi connectivity index (χ0) is 13.8. The number of carboxylic acid groups (broad SMARTS) is 1. The van der Waals surface area contributed by atoms with Crippen LogP contribution in [0.15, 0.2) is 0 Å². The molecule has 0 rings (SSSR count). The van der Waals surface area contributed by atoms with Crippen molar-refractivity contribution in [2.45, 2.75) is 85.0 Å². The molecule has 0 aliphatic rings. The summed E-state index contributed by atoms with van der Waals surface area (Å²) in [7, 11) is 0. The highest BCUT2D eigenvalue weighted by Crippen LogP contribution is 2.22. The first-order chi connectivity index (χ1) is 8.61. The molecule has 108 valence electrons. The molecule has 0 bridgehead atoms. The number of aliphatic carboxylic acids is 1. The molecule has 0 aromatic rings. The van der Waals surface area contributed by atoms with Gasteiger partial charge in [0, 0.05) is 0 Å². The summed E-state index contributed by atoms with van der Waals surface area (Å²) in [5.41, 5.74) is 0. The van der Waals surface area contributed by atoms with Crippen molar-refractivity contribution < 1.29 is 9.90 Å². The van der Waals surface area contributed by atoms with E-state index in [0.717, 1.165) is 32.1 Å². The van der Waals surface area contributed by atoms with E-state index in [1.165, 1.54) is 32.1 Å². The molecule has 0 saturated carbocycles. The molecule has 0 saturated heterocycles. The van der Waals surface area contributed by atoms with E-state index in [-0.39, 0.29) is 5.92 Å². The van der Waals surface area contributed by atoms with Crippen LogP contribution in [0.1, 0.15) is 85.0 Å². The van der Waals surface area contributed by atoms with Crippen LogP contribution < -0.4 is 0 Å². The van der Waals surface area contributed by atoms with Crippen LogP contribution in [0.4, 0.5) is 0 Å². The van der Waals surface area contributed by atoms with Gasteiger partial charge in [-0.2, -0.15) is 0 Å². The standard InChI is InChI=1S/C16H32O2/c1-4-6-7-8-9-10-12-15(16(17)18)13-14(3)11-5-2/h14-15H,4-13H2,1-3H3,(H,17,18). The van der Waals surface area contributed by atoms with E-state index in [9.17, 15) is 9.90 Å². The predicted octanol–water partition coefficient (Wildman–Crippen LogP) is 5.26. The monoisotopic (exact) mass is 256 g/mol. The average molecular weight is 256 g/mol. The maximum atomic E-state index is 11.2. The van der Waals surface area contributed by atoms with Gasteiger partial charge in [-0.3, -0.25) is 4.79 Å². The van der Waals surface area contributed by atoms with Crippen LogP contribution in [0.25, 0.3) is 0 Å². The van der Waals surface area contributed by atoms with Gasteiger partial charge < -0.3 is 5.11 Å². The third kappa shape index (κ3) is 9.49. The summed E-state index contributed by atoms with van der Waals surface area (Å²) >= 11 is 0. The molecular formula is C16H32O2. The van der Waals surface area contributed by atoms with Crippen LogP contribution >= 0.6 is 0 Å². The fourth-order valence-electron chi connectivity index (χ4n) is 2.61. The Bertz CT molecular complexity index is 201. The van der Waals surface area contributed by atoms with Crippen molar-refractivity contribution in [2.75, 3.05) is 0 Å². The van der Waals surface area contributed by atoms with E-state index >= 15 is 0 Å². The van der Waals surface area contributed by atoms with Crippen LogP contribution in [-0.2, 0) is 4.79 Å². The Hall–Kier alpha value is -0.530. The Morgan fingerprint density at radius 2 is 1.56 bits per heavy atom. The SMILES string of the molecule is CCCCCCCCC(CC(C)CCC)C(=O)O. The molecule has 0 spiro atoms. The molecule has 2 atom stereocenters. The van der Waals surface area contributed by atoms with Gasteiger partial charge in [0.2, 0.25) is 0 Å². The normalized spacial score (nSPS) is 14.4. The lowest BCUT2D eigenvalue weighted by molar-refractivity contribution is -0.142. The first-order valence-electron chi connectivity index (χ1n) is 7.84. The minimum absolute atomic E-state index is 0.113. The van der Waals surface area contributed by atoms with E-state index in [0.29, 0.717) is 5.92 Å². The molecule has 0 aliphatic heterocycles. The molecule has 0 heterocycles. The predicted molar refractivity (Wildman–Crippen MR) is 77.8 cm³/mol. The van der Waals surface area contributed by atoms with Crippen molar-refractivity contribution in [2.24, 2.45) is 11.8 Å². The van der Waals surface area contributed by atoms with E-state index in [1.807, 2.05) is 0 Å².